The molecule has 81 heavy (non-hydrogen) atoms. The average molecular weight is 1200 g/mol. The number of rotatable bonds is 35. The maximum atomic E-state index is 14.3. The molecule has 32 heteroatoms. The third-order valence-electron chi connectivity index (χ3n) is 13.2. The molecule has 16 N–H and O–H groups in total. The number of nitrogens with one attached hydrogen (secondary N) is 8. The smallest absolute Gasteiger partial charge is 0.446 e. The summed E-state index contributed by atoms with van der Waals surface area (Å²) in [5.41, 5.74) is 12.2. The fourth-order valence-electron chi connectivity index (χ4n) is 8.69. The Bertz CT molecular complexity index is 2760. The second-order valence-corrected chi connectivity index (χ2v) is 23.0. The van der Waals surface area contributed by atoms with Crippen molar-refractivity contribution < 1.29 is 87.7 Å². The Hall–Kier alpha value is -6.84. The lowest BCUT2D eigenvalue weighted by Gasteiger charge is -2.29. The highest BCUT2D eigenvalue weighted by Crippen LogP contribution is 2.33. The van der Waals surface area contributed by atoms with Crippen LogP contribution in [-0.4, -0.2) is 161 Å². The Morgan fingerprint density at radius 1 is 0.691 bits per heavy atom. The van der Waals surface area contributed by atoms with Crippen molar-refractivity contribution in [3.8, 4) is 11.5 Å². The fraction of sp³-hybridized carbons (Fsp3) is 0.571. The van der Waals surface area contributed by atoms with Gasteiger partial charge in [0.25, 0.3) is 0 Å². The number of carbonyl (C=O) groups is 9. The lowest BCUT2D eigenvalue weighted by molar-refractivity contribution is -0.143. The molecule has 2 heterocycles. The number of fused-ring (bicyclic) bond motifs is 1. The highest BCUT2D eigenvalue weighted by Gasteiger charge is 2.43. The van der Waals surface area contributed by atoms with E-state index in [2.05, 4.69) is 50.9 Å². The van der Waals surface area contributed by atoms with Crippen LogP contribution in [0.1, 0.15) is 96.1 Å². The van der Waals surface area contributed by atoms with Gasteiger partial charge in [0.1, 0.15) is 41.7 Å². The van der Waals surface area contributed by atoms with Gasteiger partial charge in [-0.15, -0.1) is 0 Å². The summed E-state index contributed by atoms with van der Waals surface area (Å²) in [7, 11) is -9.74. The number of unbranched alkanes of at least 4 members (excludes halogenated alkanes) is 2. The number of aliphatic hydroxyl groups is 1. The summed E-state index contributed by atoms with van der Waals surface area (Å²) in [6.07, 6.45) is 0.0675. The molecule has 2 aliphatic rings. The molecule has 0 aliphatic carbocycles. The molecule has 0 bridgehead atoms. The number of aliphatic carboxylic acids is 1. The summed E-state index contributed by atoms with van der Waals surface area (Å²) in [6, 6.07) is 0.571. The first-order valence-electron chi connectivity index (χ1n) is 26.0. The number of amides is 9. The molecule has 29 nitrogen and oxygen atoms in total. The number of benzene rings is 2. The van der Waals surface area contributed by atoms with E-state index in [1.165, 1.54) is 36.4 Å². The molecular formula is C49H72N10O19S3. The molecule has 11 atom stereocenters. The zero-order chi connectivity index (χ0) is 60.2. The van der Waals surface area contributed by atoms with Crippen LogP contribution in [0.25, 0.3) is 0 Å². The largest absolute Gasteiger partial charge is 0.480 e. The second kappa shape index (κ2) is 31.4. The van der Waals surface area contributed by atoms with Crippen molar-refractivity contribution in [3.05, 3.63) is 59.7 Å². The molecule has 0 unspecified atom stereocenters. The highest BCUT2D eigenvalue weighted by molar-refractivity contribution is 8.00. The number of primary amides is 1. The van der Waals surface area contributed by atoms with Crippen LogP contribution < -0.4 is 62.4 Å². The molecule has 2 aliphatic heterocycles. The van der Waals surface area contributed by atoms with Crippen LogP contribution >= 0.6 is 11.8 Å². The van der Waals surface area contributed by atoms with Gasteiger partial charge in [0.15, 0.2) is 0 Å². The maximum absolute atomic E-state index is 14.3. The van der Waals surface area contributed by atoms with Crippen LogP contribution in [-0.2, 0) is 72.0 Å². The summed E-state index contributed by atoms with van der Waals surface area (Å²) in [5.74, 6) is -8.01. The van der Waals surface area contributed by atoms with Gasteiger partial charge in [-0.2, -0.15) is 28.6 Å². The second-order valence-electron chi connectivity index (χ2n) is 19.7. The molecule has 9 amide bonds. The van der Waals surface area contributed by atoms with E-state index >= 15 is 0 Å². The van der Waals surface area contributed by atoms with Crippen molar-refractivity contribution in [2.45, 2.75) is 158 Å². The molecule has 0 saturated carbocycles. The molecule has 2 aromatic rings. The van der Waals surface area contributed by atoms with Gasteiger partial charge < -0.3 is 72.6 Å². The predicted octanol–water partition coefficient (Wildman–Crippen LogP) is -1.62. The van der Waals surface area contributed by atoms with Gasteiger partial charge in [0.2, 0.25) is 41.4 Å². The van der Waals surface area contributed by atoms with Crippen molar-refractivity contribution in [2.24, 2.45) is 17.4 Å². The van der Waals surface area contributed by atoms with Gasteiger partial charge in [0.05, 0.1) is 24.2 Å². The minimum atomic E-state index is -4.94. The number of urea groups is 1. The lowest BCUT2D eigenvalue weighted by atomic mass is 9.96. The molecule has 4 rings (SSSR count). The highest BCUT2D eigenvalue weighted by atomic mass is 32.3. The van der Waals surface area contributed by atoms with E-state index in [1.54, 1.807) is 25.6 Å². The predicted molar refractivity (Wildman–Crippen MR) is 290 cm³/mol. The standard InChI is InChI=1S/C49H72N10O19S3/c1-4-26(2)40(57-43(63)32(50)23-28-12-16-30(17-13-28)77-80(71,72)73)46(66)55-35(24-29-14-18-31(19-15-29)78-81(74,75)76)45(65)58-41(27(3)60)47(67)53-33(20-21-38(51)61)44(64)54-34(48(68)69)9-7-8-22-52-39(62)11-6-5-10-37-42-36(25-79-37)56-49(70)59-42/h12-19,26-27,32-37,40-42,60H,4-11,20-25,50H2,1-3H3,(H2,51,61)(H,52,62)(H,53,67)(H,54,64)(H,55,66)(H,57,63)(H,58,65)(H,68,69)(H2,56,59,70)(H,71,72,73)(H,74,75,76)/t26-,27+,32-,33-,34-,35-,36-,37-,40-,41-,42-/m0/s1. The number of carboxylic acid groups (broad SMARTS) is 1. The number of carbonyl (C=O) groups excluding carboxylic acids is 8. The van der Waals surface area contributed by atoms with E-state index in [-0.39, 0.29) is 78.6 Å². The van der Waals surface area contributed by atoms with Crippen molar-refractivity contribution in [2.75, 3.05) is 12.3 Å². The van der Waals surface area contributed by atoms with E-state index in [0.29, 0.717) is 24.8 Å². The SMILES string of the molecule is CC[C@H](C)[C@H](NC(=O)[C@@H](N)Cc1ccc(OS(=O)(=O)O)cc1)C(=O)N[C@@H](Cc1ccc(OS(=O)(=O)O)cc1)C(=O)N[C@H](C(=O)N[C@@H](CCC(N)=O)C(=O)N[C@@H](CCCCNC(=O)CCCC[C@@H]1SC[C@@H]2NC(=O)N[C@@H]21)C(=O)O)[C@@H](C)O. The molecule has 450 valence electrons. The third kappa shape index (κ3) is 23.3. The van der Waals surface area contributed by atoms with Gasteiger partial charge >= 0.3 is 32.8 Å². The van der Waals surface area contributed by atoms with Crippen LogP contribution in [0.15, 0.2) is 48.5 Å². The minimum Gasteiger partial charge on any atom is -0.480 e. The number of aliphatic hydroxyl groups excluding tert-OH is 1. The zero-order valence-corrected chi connectivity index (χ0v) is 47.1. The van der Waals surface area contributed by atoms with E-state index in [0.717, 1.165) is 37.7 Å². The molecule has 0 spiro atoms. The first-order chi connectivity index (χ1) is 38.0. The van der Waals surface area contributed by atoms with Crippen molar-refractivity contribution in [3.63, 3.8) is 0 Å². The maximum Gasteiger partial charge on any atom is 0.446 e. The topological polar surface area (TPSA) is 470 Å². The molecule has 2 fully saturated rings. The summed E-state index contributed by atoms with van der Waals surface area (Å²) in [5, 5.41) is 41.9. The Labute approximate surface area is 472 Å². The lowest BCUT2D eigenvalue weighted by Crippen LogP contribution is -2.62. The number of nitrogens with two attached hydrogens (primary N) is 2. The van der Waals surface area contributed by atoms with Crippen molar-refractivity contribution in [1.82, 2.24) is 42.5 Å². The van der Waals surface area contributed by atoms with E-state index in [1.807, 2.05) is 0 Å². The molecule has 0 radical (unpaired) electrons. The van der Waals surface area contributed by atoms with E-state index < -0.39 is 130 Å². The van der Waals surface area contributed by atoms with E-state index in [4.69, 9.17) is 20.6 Å². The summed E-state index contributed by atoms with van der Waals surface area (Å²) in [4.78, 5) is 118. The van der Waals surface area contributed by atoms with Crippen LogP contribution in [0.4, 0.5) is 4.79 Å². The van der Waals surface area contributed by atoms with Crippen molar-refractivity contribution >= 4 is 85.9 Å². The summed E-state index contributed by atoms with van der Waals surface area (Å²) in [6.45, 7) is 4.64. The number of hydrogen-bond acceptors (Lipinski definition) is 18. The number of carboxylic acids is 1. The number of hydrogen-bond donors (Lipinski definition) is 14. The normalized spacial score (nSPS) is 18.8. The van der Waals surface area contributed by atoms with Crippen LogP contribution in [0.3, 0.4) is 0 Å². The van der Waals surface area contributed by atoms with Crippen LogP contribution in [0, 0.1) is 5.92 Å². The van der Waals surface area contributed by atoms with Gasteiger partial charge in [-0.1, -0.05) is 51.0 Å². The average Bonchev–Trinajstić information content (AvgIpc) is 3.96. The molecular weight excluding hydrogens is 1130 g/mol. The first-order valence-corrected chi connectivity index (χ1v) is 29.7. The first kappa shape index (κ1) is 66.7. The van der Waals surface area contributed by atoms with Gasteiger partial charge in [-0.3, -0.25) is 42.7 Å². The quantitative estimate of drug-likeness (QED) is 0.0209. The monoisotopic (exact) mass is 1200 g/mol. The van der Waals surface area contributed by atoms with Crippen molar-refractivity contribution in [1.29, 1.82) is 0 Å². The van der Waals surface area contributed by atoms with E-state index in [9.17, 15) is 70.2 Å². The molecule has 2 aromatic carbocycles. The number of thioether (sulfide) groups is 1. The molecule has 2 saturated heterocycles. The van der Waals surface area contributed by atoms with Gasteiger partial charge in [-0.05, 0) is 93.2 Å². The van der Waals surface area contributed by atoms with Crippen LogP contribution in [0.2, 0.25) is 0 Å². The minimum absolute atomic E-state index is 0.0690. The third-order valence-corrected chi connectivity index (χ3v) is 15.5. The Morgan fingerprint density at radius 3 is 1.79 bits per heavy atom. The fourth-order valence-corrected chi connectivity index (χ4v) is 10.9. The summed E-state index contributed by atoms with van der Waals surface area (Å²) >= 11 is 1.78. The molecule has 0 aromatic heterocycles. The zero-order valence-electron chi connectivity index (χ0n) is 44.7. The Balaban J connectivity index is 1.42. The van der Waals surface area contributed by atoms with Gasteiger partial charge in [0, 0.05) is 36.8 Å². The van der Waals surface area contributed by atoms with Gasteiger partial charge in [-0.25, -0.2) is 9.59 Å². The Kier molecular flexibility index (Phi) is 25.8. The Morgan fingerprint density at radius 2 is 1.23 bits per heavy atom. The van der Waals surface area contributed by atoms with Crippen LogP contribution in [0.5, 0.6) is 11.5 Å². The summed E-state index contributed by atoms with van der Waals surface area (Å²) < 4.78 is 71.7.